The standard InChI is InChI=1S/C19H38N4O8.2C2H6/c1-5-20-16(12-25)30-17(31-19(2,3)4)13-29-18(28)23-8-6-14(26)21-9-10-22-15(27)7-11-24;2*1-2/h16-17,20,24-25H,5-13H2,1-4H3,(H,21,26)(H,22,27)(H,23,28);2*1-2H3. The molecule has 0 aliphatic heterocycles. The van der Waals surface area contributed by atoms with Gasteiger partial charge in [0.05, 0.1) is 18.8 Å². The summed E-state index contributed by atoms with van der Waals surface area (Å²) < 4.78 is 16.4. The van der Waals surface area contributed by atoms with Gasteiger partial charge in [-0.2, -0.15) is 0 Å². The Morgan fingerprint density at radius 3 is 1.86 bits per heavy atom. The van der Waals surface area contributed by atoms with Crippen LogP contribution in [0, 0.1) is 0 Å². The van der Waals surface area contributed by atoms with Gasteiger partial charge in [0.1, 0.15) is 12.8 Å². The number of hydrogen-bond donors (Lipinski definition) is 6. The first-order valence-corrected chi connectivity index (χ1v) is 12.3. The minimum absolute atomic E-state index is 0.0163. The fourth-order valence-corrected chi connectivity index (χ4v) is 2.22. The van der Waals surface area contributed by atoms with Gasteiger partial charge in [0.2, 0.25) is 11.8 Å². The Hall–Kier alpha value is -1.99. The topological polar surface area (TPSA) is 167 Å². The monoisotopic (exact) mass is 510 g/mol. The largest absolute Gasteiger partial charge is 0.444 e. The van der Waals surface area contributed by atoms with Crippen molar-refractivity contribution < 1.29 is 38.8 Å². The van der Waals surface area contributed by atoms with Crippen molar-refractivity contribution in [2.75, 3.05) is 46.0 Å². The van der Waals surface area contributed by atoms with E-state index >= 15 is 0 Å². The first kappa shape index (κ1) is 37.6. The zero-order valence-electron chi connectivity index (χ0n) is 22.9. The highest BCUT2D eigenvalue weighted by Crippen LogP contribution is 2.13. The number of ether oxygens (including phenoxy) is 3. The second kappa shape index (κ2) is 25.1. The lowest BCUT2D eigenvalue weighted by molar-refractivity contribution is -0.237. The molecule has 0 saturated carbocycles. The highest BCUT2D eigenvalue weighted by Gasteiger charge is 2.24. The average Bonchev–Trinajstić information content (AvgIpc) is 2.81. The molecule has 0 rings (SSSR count). The van der Waals surface area contributed by atoms with Gasteiger partial charge in [0.15, 0.2) is 6.29 Å². The van der Waals surface area contributed by atoms with Crippen LogP contribution in [0.2, 0.25) is 0 Å². The van der Waals surface area contributed by atoms with E-state index in [-0.39, 0.29) is 64.1 Å². The molecule has 0 aromatic carbocycles. The highest BCUT2D eigenvalue weighted by atomic mass is 16.7. The van der Waals surface area contributed by atoms with Crippen molar-refractivity contribution in [2.45, 2.75) is 86.4 Å². The van der Waals surface area contributed by atoms with Crippen LogP contribution in [0.4, 0.5) is 4.79 Å². The highest BCUT2D eigenvalue weighted by molar-refractivity contribution is 5.77. The Balaban J connectivity index is -0.00000242. The summed E-state index contributed by atoms with van der Waals surface area (Å²) in [5.41, 5.74) is -0.563. The Morgan fingerprint density at radius 1 is 0.857 bits per heavy atom. The summed E-state index contributed by atoms with van der Waals surface area (Å²) in [6, 6.07) is 0. The molecule has 12 heteroatoms. The SMILES string of the molecule is CC.CC.CCNC(CO)OC(COC(=O)NCCC(=O)NCCNC(=O)CCO)OC(C)(C)C. The molecule has 3 amide bonds. The summed E-state index contributed by atoms with van der Waals surface area (Å²) in [7, 11) is 0. The van der Waals surface area contributed by atoms with Gasteiger partial charge in [-0.1, -0.05) is 34.6 Å². The summed E-state index contributed by atoms with van der Waals surface area (Å²) in [5, 5.41) is 28.5. The Bertz CT molecular complexity index is 530. The smallest absolute Gasteiger partial charge is 0.407 e. The molecule has 0 aromatic rings. The van der Waals surface area contributed by atoms with Crippen LogP contribution in [0.1, 0.15) is 68.2 Å². The lowest BCUT2D eigenvalue weighted by Crippen LogP contribution is -2.43. The van der Waals surface area contributed by atoms with E-state index in [2.05, 4.69) is 21.3 Å². The Morgan fingerprint density at radius 2 is 1.40 bits per heavy atom. The van der Waals surface area contributed by atoms with Crippen molar-refractivity contribution in [3.63, 3.8) is 0 Å². The van der Waals surface area contributed by atoms with Gasteiger partial charge < -0.3 is 40.4 Å². The zero-order valence-corrected chi connectivity index (χ0v) is 22.9. The van der Waals surface area contributed by atoms with E-state index in [0.29, 0.717) is 6.54 Å². The van der Waals surface area contributed by atoms with Gasteiger partial charge >= 0.3 is 6.09 Å². The van der Waals surface area contributed by atoms with Gasteiger partial charge in [0, 0.05) is 32.5 Å². The van der Waals surface area contributed by atoms with Crippen molar-refractivity contribution in [1.29, 1.82) is 0 Å². The minimum Gasteiger partial charge on any atom is -0.444 e. The Kier molecular flexibility index (Phi) is 26.9. The second-order valence-corrected chi connectivity index (χ2v) is 7.47. The average molecular weight is 511 g/mol. The van der Waals surface area contributed by atoms with E-state index in [1.807, 2.05) is 55.4 Å². The van der Waals surface area contributed by atoms with Crippen LogP contribution in [0.15, 0.2) is 0 Å². The number of hydrogen-bond acceptors (Lipinski definition) is 9. The fourth-order valence-electron chi connectivity index (χ4n) is 2.22. The normalized spacial score (nSPS) is 12.1. The molecule has 0 radical (unpaired) electrons. The number of nitrogens with one attached hydrogen (secondary N) is 4. The quantitative estimate of drug-likeness (QED) is 0.130. The predicted octanol–water partition coefficient (Wildman–Crippen LogP) is 0.856. The molecule has 0 bridgehead atoms. The maximum absolute atomic E-state index is 11.9. The van der Waals surface area contributed by atoms with Gasteiger partial charge in [-0.15, -0.1) is 0 Å². The third-order valence-corrected chi connectivity index (χ3v) is 3.48. The van der Waals surface area contributed by atoms with E-state index < -0.39 is 24.2 Å². The summed E-state index contributed by atoms with van der Waals surface area (Å²) >= 11 is 0. The fraction of sp³-hybridized carbons (Fsp3) is 0.870. The maximum Gasteiger partial charge on any atom is 0.407 e. The van der Waals surface area contributed by atoms with Crippen LogP contribution in [-0.2, 0) is 23.8 Å². The molecular formula is C23H50N4O8. The number of likely N-dealkylation sites (N-methyl/N-ethyl adjacent to an activating group) is 1. The molecule has 0 spiro atoms. The molecule has 0 saturated heterocycles. The van der Waals surface area contributed by atoms with Gasteiger partial charge in [-0.3, -0.25) is 14.9 Å². The third-order valence-electron chi connectivity index (χ3n) is 3.48. The van der Waals surface area contributed by atoms with Crippen molar-refractivity contribution >= 4 is 17.9 Å². The lowest BCUT2D eigenvalue weighted by Gasteiger charge is -2.30. The molecule has 0 aliphatic carbocycles. The summed E-state index contributed by atoms with van der Waals surface area (Å²) in [5.74, 6) is -0.597. The van der Waals surface area contributed by atoms with Crippen LogP contribution in [0.3, 0.4) is 0 Å². The van der Waals surface area contributed by atoms with E-state index in [1.165, 1.54) is 0 Å². The molecule has 0 heterocycles. The van der Waals surface area contributed by atoms with Gasteiger partial charge in [0.25, 0.3) is 0 Å². The molecule has 2 unspecified atom stereocenters. The van der Waals surface area contributed by atoms with Crippen LogP contribution < -0.4 is 21.3 Å². The summed E-state index contributed by atoms with van der Waals surface area (Å²) in [4.78, 5) is 34.7. The van der Waals surface area contributed by atoms with Crippen LogP contribution in [-0.4, -0.2) is 92.2 Å². The maximum atomic E-state index is 11.9. The number of alkyl carbamates (subject to hydrolysis) is 1. The van der Waals surface area contributed by atoms with Gasteiger partial charge in [-0.05, 0) is 27.3 Å². The number of aliphatic hydroxyl groups excluding tert-OH is 2. The number of aliphatic hydroxyl groups is 2. The summed E-state index contributed by atoms with van der Waals surface area (Å²) in [6.07, 6.45) is -2.25. The van der Waals surface area contributed by atoms with Crippen molar-refractivity contribution in [3.05, 3.63) is 0 Å². The third kappa shape index (κ3) is 26.5. The van der Waals surface area contributed by atoms with Crippen LogP contribution in [0.5, 0.6) is 0 Å². The van der Waals surface area contributed by atoms with E-state index in [9.17, 15) is 19.5 Å². The molecule has 12 nitrogen and oxygen atoms in total. The molecule has 210 valence electrons. The van der Waals surface area contributed by atoms with Crippen LogP contribution >= 0.6 is 0 Å². The minimum atomic E-state index is -0.897. The lowest BCUT2D eigenvalue weighted by atomic mass is 10.2. The molecule has 35 heavy (non-hydrogen) atoms. The van der Waals surface area contributed by atoms with Gasteiger partial charge in [-0.25, -0.2) is 4.79 Å². The van der Waals surface area contributed by atoms with E-state index in [0.717, 1.165) is 0 Å². The molecule has 0 aromatic heterocycles. The first-order chi connectivity index (χ1) is 16.6. The molecule has 6 N–H and O–H groups in total. The molecular weight excluding hydrogens is 460 g/mol. The predicted molar refractivity (Wildman–Crippen MR) is 135 cm³/mol. The van der Waals surface area contributed by atoms with Crippen molar-refractivity contribution in [3.8, 4) is 0 Å². The molecule has 0 aliphatic rings. The van der Waals surface area contributed by atoms with Crippen molar-refractivity contribution in [2.24, 2.45) is 0 Å². The molecule has 0 fully saturated rings. The second-order valence-electron chi connectivity index (χ2n) is 7.47. The number of carbonyl (C=O) groups excluding carboxylic acids is 3. The van der Waals surface area contributed by atoms with Crippen LogP contribution in [0.25, 0.3) is 0 Å². The summed E-state index contributed by atoms with van der Waals surface area (Å²) in [6.45, 7) is 15.7. The Labute approximate surface area is 210 Å². The zero-order chi connectivity index (χ0) is 27.7. The first-order valence-electron chi connectivity index (χ1n) is 12.3. The number of rotatable bonds is 16. The number of carbonyl (C=O) groups is 3. The van der Waals surface area contributed by atoms with E-state index in [4.69, 9.17) is 19.3 Å². The van der Waals surface area contributed by atoms with Crippen molar-refractivity contribution in [1.82, 2.24) is 21.3 Å². The van der Waals surface area contributed by atoms with E-state index in [1.54, 1.807) is 0 Å². The number of amides is 3. The molecule has 2 atom stereocenters.